The minimum absolute atomic E-state index is 0.0795. The molecule has 1 aromatic heterocycles. The first kappa shape index (κ1) is 8.73. The fourth-order valence-corrected chi connectivity index (χ4v) is 0.692. The molecule has 0 aliphatic carbocycles. The van der Waals surface area contributed by atoms with E-state index in [1.165, 1.54) is 6.07 Å². The molecule has 0 radical (unpaired) electrons. The largest absolute Gasteiger partial charge is 0.332 e. The molecule has 1 heterocycles. The second-order valence-electron chi connectivity index (χ2n) is 1.95. The fraction of sp³-hybridized carbons (Fsp3) is 0.167. The number of hydrogen-bond acceptors (Lipinski definition) is 4. The Labute approximate surface area is 72.5 Å². The summed E-state index contributed by atoms with van der Waals surface area (Å²) in [6.07, 6.45) is 0. The molecule has 0 unspecified atom stereocenters. The molecular weight excluding hydrogens is 184 g/mol. The van der Waals surface area contributed by atoms with E-state index in [4.69, 9.17) is 11.6 Å². The summed E-state index contributed by atoms with van der Waals surface area (Å²) in [5.41, 5.74) is -0.547. The molecule has 0 spiro atoms. The lowest BCUT2D eigenvalue weighted by Gasteiger charge is -2.00. The molecular formula is C6H5ClN2O3. The van der Waals surface area contributed by atoms with Gasteiger partial charge in [0.15, 0.2) is 5.15 Å². The normalized spacial score (nSPS) is 9.50. The Hall–Kier alpha value is -1.36. The smallest absolute Gasteiger partial charge is 0.316 e. The van der Waals surface area contributed by atoms with Gasteiger partial charge in [0.25, 0.3) is 0 Å². The van der Waals surface area contributed by atoms with Crippen molar-refractivity contribution < 1.29 is 9.63 Å². The van der Waals surface area contributed by atoms with Crippen molar-refractivity contribution >= 4 is 17.6 Å². The maximum Gasteiger partial charge on any atom is 0.332 e. The van der Waals surface area contributed by atoms with Crippen LogP contribution in [0.1, 0.15) is 6.92 Å². The third-order valence-electron chi connectivity index (χ3n) is 0.953. The van der Waals surface area contributed by atoms with Crippen LogP contribution in [0.5, 0.6) is 0 Å². The minimum atomic E-state index is -0.633. The molecule has 5 nitrogen and oxygen atoms in total. The molecule has 0 N–H and O–H groups in total. The Morgan fingerprint density at radius 2 is 2.33 bits per heavy atom. The highest BCUT2D eigenvalue weighted by atomic mass is 35.5. The molecule has 0 saturated heterocycles. The Balaban J connectivity index is 3.06. The van der Waals surface area contributed by atoms with E-state index in [2.05, 4.69) is 9.94 Å². The SMILES string of the molecule is CC(=O)On1nc(Cl)ccc1=O. The zero-order valence-electron chi connectivity index (χ0n) is 6.15. The summed E-state index contributed by atoms with van der Waals surface area (Å²) in [6, 6.07) is 2.46. The molecule has 64 valence electrons. The van der Waals surface area contributed by atoms with Gasteiger partial charge in [-0.1, -0.05) is 11.6 Å². The minimum Gasteiger partial charge on any atom is -0.316 e. The monoisotopic (exact) mass is 188 g/mol. The van der Waals surface area contributed by atoms with Gasteiger partial charge in [-0.15, -0.1) is 5.10 Å². The van der Waals surface area contributed by atoms with E-state index in [0.29, 0.717) is 4.85 Å². The van der Waals surface area contributed by atoms with Crippen LogP contribution in [0.15, 0.2) is 16.9 Å². The molecule has 0 aromatic carbocycles. The molecule has 0 fully saturated rings. The highest BCUT2D eigenvalue weighted by molar-refractivity contribution is 6.29. The Morgan fingerprint density at radius 1 is 1.67 bits per heavy atom. The van der Waals surface area contributed by atoms with E-state index in [9.17, 15) is 9.59 Å². The summed E-state index contributed by atoms with van der Waals surface area (Å²) in [6.45, 7) is 1.16. The average molecular weight is 189 g/mol. The quantitative estimate of drug-likeness (QED) is 0.616. The van der Waals surface area contributed by atoms with Crippen molar-refractivity contribution in [2.24, 2.45) is 0 Å². The van der Waals surface area contributed by atoms with Crippen LogP contribution in [-0.4, -0.2) is 15.9 Å². The molecule has 12 heavy (non-hydrogen) atoms. The van der Waals surface area contributed by atoms with Gasteiger partial charge in [-0.3, -0.25) is 4.79 Å². The first-order chi connectivity index (χ1) is 5.59. The third kappa shape index (κ3) is 2.06. The second-order valence-corrected chi connectivity index (χ2v) is 2.34. The van der Waals surface area contributed by atoms with Crippen LogP contribution in [0.3, 0.4) is 0 Å². The number of rotatable bonds is 1. The lowest BCUT2D eigenvalue weighted by atomic mass is 10.6. The van der Waals surface area contributed by atoms with Crippen molar-refractivity contribution in [3.8, 4) is 0 Å². The van der Waals surface area contributed by atoms with Crippen LogP contribution in [-0.2, 0) is 4.79 Å². The maximum atomic E-state index is 10.9. The lowest BCUT2D eigenvalue weighted by Crippen LogP contribution is -2.31. The number of aromatic nitrogens is 2. The third-order valence-corrected chi connectivity index (χ3v) is 1.15. The van der Waals surface area contributed by atoms with Crippen molar-refractivity contribution in [2.45, 2.75) is 6.92 Å². The predicted octanol–water partition coefficient (Wildman–Crippen LogP) is -0.128. The predicted molar refractivity (Wildman–Crippen MR) is 40.8 cm³/mol. The number of carbonyl (C=O) groups excluding carboxylic acids is 1. The van der Waals surface area contributed by atoms with Crippen LogP contribution < -0.4 is 10.4 Å². The van der Waals surface area contributed by atoms with Crippen molar-refractivity contribution in [2.75, 3.05) is 0 Å². The van der Waals surface area contributed by atoms with Gasteiger partial charge < -0.3 is 4.84 Å². The summed E-state index contributed by atoms with van der Waals surface area (Å²) in [4.78, 5) is 26.2. The van der Waals surface area contributed by atoms with Gasteiger partial charge in [-0.2, -0.15) is 0 Å². The lowest BCUT2D eigenvalue weighted by molar-refractivity contribution is -0.143. The van der Waals surface area contributed by atoms with E-state index >= 15 is 0 Å². The zero-order chi connectivity index (χ0) is 9.14. The molecule has 6 heteroatoms. The van der Waals surface area contributed by atoms with Crippen molar-refractivity contribution in [1.82, 2.24) is 9.94 Å². The van der Waals surface area contributed by atoms with E-state index in [1.54, 1.807) is 0 Å². The Bertz CT molecular complexity index is 360. The average Bonchev–Trinajstić information content (AvgIpc) is 1.96. The van der Waals surface area contributed by atoms with Gasteiger partial charge in [0, 0.05) is 13.0 Å². The van der Waals surface area contributed by atoms with Gasteiger partial charge in [0.1, 0.15) is 0 Å². The highest BCUT2D eigenvalue weighted by Gasteiger charge is 2.01. The van der Waals surface area contributed by atoms with Crippen LogP contribution in [0, 0.1) is 0 Å². The molecule has 0 aliphatic heterocycles. The van der Waals surface area contributed by atoms with Crippen LogP contribution >= 0.6 is 11.6 Å². The highest BCUT2D eigenvalue weighted by Crippen LogP contribution is 1.96. The van der Waals surface area contributed by atoms with E-state index in [0.717, 1.165) is 13.0 Å². The summed E-state index contributed by atoms with van der Waals surface area (Å²) in [5.74, 6) is -0.633. The van der Waals surface area contributed by atoms with Gasteiger partial charge in [0.05, 0.1) is 0 Å². The molecule has 0 aliphatic rings. The number of carbonyl (C=O) groups is 1. The molecule has 1 rings (SSSR count). The summed E-state index contributed by atoms with van der Waals surface area (Å²) in [5, 5.41) is 3.52. The first-order valence-corrected chi connectivity index (χ1v) is 3.42. The summed E-state index contributed by atoms with van der Waals surface area (Å²) in [7, 11) is 0. The van der Waals surface area contributed by atoms with E-state index in [1.807, 2.05) is 0 Å². The molecule has 0 saturated carbocycles. The van der Waals surface area contributed by atoms with Gasteiger partial charge in [0.2, 0.25) is 0 Å². The Kier molecular flexibility index (Phi) is 2.44. The Morgan fingerprint density at radius 3 is 2.92 bits per heavy atom. The van der Waals surface area contributed by atoms with Crippen molar-refractivity contribution in [3.05, 3.63) is 27.6 Å². The number of hydrogen-bond donors (Lipinski definition) is 0. The topological polar surface area (TPSA) is 61.2 Å². The summed E-state index contributed by atoms with van der Waals surface area (Å²) < 4.78 is 0. The number of halogens is 1. The fourth-order valence-electron chi connectivity index (χ4n) is 0.560. The number of nitrogens with zero attached hydrogens (tertiary/aromatic N) is 2. The van der Waals surface area contributed by atoms with E-state index < -0.39 is 11.5 Å². The first-order valence-electron chi connectivity index (χ1n) is 3.04. The van der Waals surface area contributed by atoms with Gasteiger partial charge >= 0.3 is 11.5 Å². The molecule has 0 amide bonds. The van der Waals surface area contributed by atoms with Crippen molar-refractivity contribution in [1.29, 1.82) is 0 Å². The van der Waals surface area contributed by atoms with Crippen LogP contribution in [0.25, 0.3) is 0 Å². The van der Waals surface area contributed by atoms with Crippen molar-refractivity contribution in [3.63, 3.8) is 0 Å². The van der Waals surface area contributed by atoms with Crippen LogP contribution in [0.4, 0.5) is 0 Å². The molecule has 0 bridgehead atoms. The standard InChI is InChI=1S/C6H5ClN2O3/c1-4(10)12-9-6(11)3-2-5(7)8-9/h2-3H,1H3. The zero-order valence-corrected chi connectivity index (χ0v) is 6.91. The maximum absolute atomic E-state index is 10.9. The van der Waals surface area contributed by atoms with Gasteiger partial charge in [-0.05, 0) is 10.9 Å². The molecule has 0 atom stereocenters. The van der Waals surface area contributed by atoms with E-state index in [-0.39, 0.29) is 5.15 Å². The van der Waals surface area contributed by atoms with Crippen LogP contribution in [0.2, 0.25) is 5.15 Å². The van der Waals surface area contributed by atoms with Gasteiger partial charge in [-0.25, -0.2) is 4.79 Å². The second kappa shape index (κ2) is 3.36. The molecule has 1 aromatic rings. The summed E-state index contributed by atoms with van der Waals surface area (Å²) >= 11 is 5.44.